The third kappa shape index (κ3) is 2.79. The minimum Gasteiger partial charge on any atom is -0.495 e. The zero-order valence-corrected chi connectivity index (χ0v) is 12.6. The van der Waals surface area contributed by atoms with Crippen molar-refractivity contribution in [1.29, 1.82) is 0 Å². The van der Waals surface area contributed by atoms with Gasteiger partial charge in [0.05, 0.1) is 17.0 Å². The highest BCUT2D eigenvalue weighted by Crippen LogP contribution is 2.36. The molecule has 0 fully saturated rings. The molecule has 1 unspecified atom stereocenters. The molecule has 0 N–H and O–H groups in total. The van der Waals surface area contributed by atoms with Crippen molar-refractivity contribution in [3.63, 3.8) is 0 Å². The number of halogens is 5. The van der Waals surface area contributed by atoms with E-state index in [1.807, 2.05) is 0 Å². The molecule has 0 amide bonds. The molecule has 0 aliphatic rings. The number of alkyl halides is 1. The van der Waals surface area contributed by atoms with E-state index in [9.17, 15) is 13.2 Å². The SMILES string of the molecule is COc1ccc(C(Br)c2ccc(F)c(F)c2F)cc1Cl. The number of rotatable bonds is 3. The van der Waals surface area contributed by atoms with Crippen LogP contribution in [0.4, 0.5) is 13.2 Å². The fourth-order valence-corrected chi connectivity index (χ4v) is 2.66. The maximum atomic E-state index is 13.7. The van der Waals surface area contributed by atoms with E-state index in [1.165, 1.54) is 13.2 Å². The Morgan fingerprint density at radius 3 is 2.40 bits per heavy atom. The molecule has 0 spiro atoms. The fraction of sp³-hybridized carbons (Fsp3) is 0.143. The minimum absolute atomic E-state index is 0.00914. The second-order valence-electron chi connectivity index (χ2n) is 4.02. The van der Waals surface area contributed by atoms with Gasteiger partial charge in [0.15, 0.2) is 17.5 Å². The van der Waals surface area contributed by atoms with Crippen LogP contribution in [-0.2, 0) is 0 Å². The Morgan fingerprint density at radius 2 is 1.80 bits per heavy atom. The molecule has 2 rings (SSSR count). The van der Waals surface area contributed by atoms with Gasteiger partial charge in [0.1, 0.15) is 5.75 Å². The van der Waals surface area contributed by atoms with Crippen LogP contribution in [0.25, 0.3) is 0 Å². The van der Waals surface area contributed by atoms with Crippen LogP contribution in [0.2, 0.25) is 5.02 Å². The van der Waals surface area contributed by atoms with Crippen molar-refractivity contribution in [3.05, 3.63) is 63.9 Å². The van der Waals surface area contributed by atoms with Gasteiger partial charge in [0.25, 0.3) is 0 Å². The third-order valence-electron chi connectivity index (χ3n) is 2.81. The Balaban J connectivity index is 2.44. The second kappa shape index (κ2) is 6.06. The first kappa shape index (κ1) is 15.2. The lowest BCUT2D eigenvalue weighted by Gasteiger charge is -2.14. The highest BCUT2D eigenvalue weighted by molar-refractivity contribution is 9.09. The van der Waals surface area contributed by atoms with E-state index in [0.29, 0.717) is 16.3 Å². The normalized spacial score (nSPS) is 12.3. The summed E-state index contributed by atoms with van der Waals surface area (Å²) >= 11 is 9.24. The Hall–Kier alpha value is -1.20. The van der Waals surface area contributed by atoms with Gasteiger partial charge >= 0.3 is 0 Å². The molecule has 6 heteroatoms. The summed E-state index contributed by atoms with van der Waals surface area (Å²) in [6.45, 7) is 0. The predicted molar refractivity (Wildman–Crippen MR) is 75.1 cm³/mol. The van der Waals surface area contributed by atoms with E-state index in [2.05, 4.69) is 15.9 Å². The van der Waals surface area contributed by atoms with E-state index in [0.717, 1.165) is 6.07 Å². The van der Waals surface area contributed by atoms with E-state index in [1.54, 1.807) is 18.2 Å². The molecule has 1 nitrogen and oxygen atoms in total. The summed E-state index contributed by atoms with van der Waals surface area (Å²) in [6, 6.07) is 6.91. The summed E-state index contributed by atoms with van der Waals surface area (Å²) in [6.07, 6.45) is 0. The van der Waals surface area contributed by atoms with Crippen molar-refractivity contribution < 1.29 is 17.9 Å². The lowest BCUT2D eigenvalue weighted by Crippen LogP contribution is -2.01. The third-order valence-corrected chi connectivity index (χ3v) is 4.12. The fourth-order valence-electron chi connectivity index (χ4n) is 1.76. The molecule has 2 aromatic carbocycles. The maximum absolute atomic E-state index is 13.7. The Morgan fingerprint density at radius 1 is 1.10 bits per heavy atom. The van der Waals surface area contributed by atoms with Crippen molar-refractivity contribution in [2.45, 2.75) is 4.83 Å². The molecule has 0 heterocycles. The van der Waals surface area contributed by atoms with Crippen LogP contribution in [0.5, 0.6) is 5.75 Å². The smallest absolute Gasteiger partial charge is 0.194 e. The predicted octanol–water partition coefficient (Wildman–Crippen LogP) is 5.25. The molecule has 0 aliphatic heterocycles. The topological polar surface area (TPSA) is 9.23 Å². The summed E-state index contributed by atoms with van der Waals surface area (Å²) in [5.74, 6) is -3.47. The molecule has 0 radical (unpaired) electrons. The highest BCUT2D eigenvalue weighted by Gasteiger charge is 2.20. The van der Waals surface area contributed by atoms with Crippen LogP contribution >= 0.6 is 27.5 Å². The van der Waals surface area contributed by atoms with Gasteiger partial charge in [-0.3, -0.25) is 0 Å². The zero-order chi connectivity index (χ0) is 14.9. The highest BCUT2D eigenvalue weighted by atomic mass is 79.9. The van der Waals surface area contributed by atoms with Crippen LogP contribution in [0.15, 0.2) is 30.3 Å². The largest absolute Gasteiger partial charge is 0.495 e. The van der Waals surface area contributed by atoms with E-state index < -0.39 is 22.3 Å². The van der Waals surface area contributed by atoms with E-state index in [4.69, 9.17) is 16.3 Å². The van der Waals surface area contributed by atoms with Gasteiger partial charge in [-0.15, -0.1) is 0 Å². The molecule has 0 saturated heterocycles. The first-order valence-electron chi connectivity index (χ1n) is 5.56. The number of benzene rings is 2. The summed E-state index contributed by atoms with van der Waals surface area (Å²) in [5.41, 5.74) is 0.589. The Labute approximate surface area is 127 Å². The van der Waals surface area contributed by atoms with Crippen molar-refractivity contribution in [1.82, 2.24) is 0 Å². The molecule has 0 aromatic heterocycles. The first-order valence-corrected chi connectivity index (χ1v) is 6.86. The van der Waals surface area contributed by atoms with Crippen LogP contribution in [0, 0.1) is 17.5 Å². The zero-order valence-electron chi connectivity index (χ0n) is 10.3. The summed E-state index contributed by atoms with van der Waals surface area (Å²) < 4.78 is 44.9. The number of ether oxygens (including phenoxy) is 1. The molecule has 2 aromatic rings. The lowest BCUT2D eigenvalue weighted by atomic mass is 10.0. The van der Waals surface area contributed by atoms with Gasteiger partial charge in [0, 0.05) is 5.56 Å². The lowest BCUT2D eigenvalue weighted by molar-refractivity contribution is 0.415. The van der Waals surface area contributed by atoms with Crippen LogP contribution in [-0.4, -0.2) is 7.11 Å². The number of hydrogen-bond donors (Lipinski definition) is 0. The molecular formula is C14H9BrClF3O. The Kier molecular flexibility index (Phi) is 4.60. The monoisotopic (exact) mass is 364 g/mol. The van der Waals surface area contributed by atoms with Gasteiger partial charge in [-0.2, -0.15) is 0 Å². The van der Waals surface area contributed by atoms with Crippen molar-refractivity contribution in [2.75, 3.05) is 7.11 Å². The number of methoxy groups -OCH3 is 1. The van der Waals surface area contributed by atoms with E-state index in [-0.39, 0.29) is 5.56 Å². The maximum Gasteiger partial charge on any atom is 0.194 e. The van der Waals surface area contributed by atoms with Gasteiger partial charge in [0.2, 0.25) is 0 Å². The molecule has 106 valence electrons. The standard InChI is InChI=1S/C14H9BrClF3O/c1-20-11-5-2-7(6-9(11)16)12(15)8-3-4-10(17)14(19)13(8)18/h2-6,12H,1H3. The van der Waals surface area contributed by atoms with Gasteiger partial charge < -0.3 is 4.74 Å². The molecule has 0 aliphatic carbocycles. The average molecular weight is 366 g/mol. The quantitative estimate of drug-likeness (QED) is 0.533. The van der Waals surface area contributed by atoms with Crippen molar-refractivity contribution in [3.8, 4) is 5.75 Å². The van der Waals surface area contributed by atoms with Crippen LogP contribution in [0.1, 0.15) is 16.0 Å². The summed E-state index contributed by atoms with van der Waals surface area (Å²) in [5, 5.41) is 0.345. The van der Waals surface area contributed by atoms with Gasteiger partial charge in [-0.05, 0) is 23.8 Å². The molecular weight excluding hydrogens is 357 g/mol. The molecule has 0 bridgehead atoms. The minimum atomic E-state index is -1.49. The van der Waals surface area contributed by atoms with Gasteiger partial charge in [-0.25, -0.2) is 13.2 Å². The summed E-state index contributed by atoms with van der Waals surface area (Å²) in [7, 11) is 1.47. The molecule has 20 heavy (non-hydrogen) atoms. The van der Waals surface area contributed by atoms with Crippen LogP contribution in [0.3, 0.4) is 0 Å². The second-order valence-corrected chi connectivity index (χ2v) is 5.34. The average Bonchev–Trinajstić information content (AvgIpc) is 2.44. The summed E-state index contributed by atoms with van der Waals surface area (Å²) in [4.78, 5) is -0.652. The van der Waals surface area contributed by atoms with Gasteiger partial charge in [-0.1, -0.05) is 39.7 Å². The van der Waals surface area contributed by atoms with Crippen molar-refractivity contribution >= 4 is 27.5 Å². The number of hydrogen-bond acceptors (Lipinski definition) is 1. The Bertz CT molecular complexity index is 649. The molecule has 1 atom stereocenters. The molecule has 0 saturated carbocycles. The first-order chi connectivity index (χ1) is 9.45. The van der Waals surface area contributed by atoms with E-state index >= 15 is 0 Å². The van der Waals surface area contributed by atoms with Crippen molar-refractivity contribution in [2.24, 2.45) is 0 Å². The van der Waals surface area contributed by atoms with Crippen LogP contribution < -0.4 is 4.74 Å².